The number of alkyl halides is 3. The highest BCUT2D eigenvalue weighted by atomic mass is 32.2. The first kappa shape index (κ1) is 21.7. The van der Waals surface area contributed by atoms with Crippen LogP contribution in [0.5, 0.6) is 0 Å². The molecule has 1 heterocycles. The number of carbonyl (C=O) groups excluding carboxylic acids is 2. The summed E-state index contributed by atoms with van der Waals surface area (Å²) in [6.45, 7) is 5.23. The summed E-state index contributed by atoms with van der Waals surface area (Å²) in [6, 6.07) is 4.36. The third-order valence-corrected chi connectivity index (χ3v) is 5.17. The van der Waals surface area contributed by atoms with E-state index in [4.69, 9.17) is 10.5 Å². The molecule has 28 heavy (non-hydrogen) atoms. The van der Waals surface area contributed by atoms with Crippen molar-refractivity contribution in [1.82, 2.24) is 4.98 Å². The van der Waals surface area contributed by atoms with E-state index >= 15 is 0 Å². The van der Waals surface area contributed by atoms with Crippen molar-refractivity contribution in [2.45, 2.75) is 38.6 Å². The summed E-state index contributed by atoms with van der Waals surface area (Å²) in [5.74, 6) is -1.33. The van der Waals surface area contributed by atoms with Crippen LogP contribution in [0.3, 0.4) is 0 Å². The molecule has 0 unspecified atom stereocenters. The maximum absolute atomic E-state index is 12.5. The Morgan fingerprint density at radius 1 is 1.11 bits per heavy atom. The van der Waals surface area contributed by atoms with Crippen LogP contribution in [-0.2, 0) is 22.3 Å². The average Bonchev–Trinajstić information content (AvgIpc) is 2.62. The van der Waals surface area contributed by atoms with E-state index in [9.17, 15) is 22.8 Å². The smallest absolute Gasteiger partial charge is 0.416 e. The van der Waals surface area contributed by atoms with E-state index in [1.807, 2.05) is 6.92 Å². The summed E-state index contributed by atoms with van der Waals surface area (Å²) in [6.07, 6.45) is -4.42. The molecule has 0 aliphatic rings. The number of pyridine rings is 1. The minimum Gasteiger partial charge on any atom is -0.460 e. The van der Waals surface area contributed by atoms with Crippen LogP contribution in [0.15, 0.2) is 29.3 Å². The van der Waals surface area contributed by atoms with Crippen molar-refractivity contribution < 1.29 is 27.5 Å². The number of thioether (sulfide) groups is 1. The Morgan fingerprint density at radius 3 is 2.25 bits per heavy atom. The Morgan fingerprint density at radius 2 is 1.71 bits per heavy atom. The summed E-state index contributed by atoms with van der Waals surface area (Å²) in [4.78, 5) is 28.0. The molecule has 0 spiro atoms. The molecular formula is C19H19F3N2O3S. The maximum atomic E-state index is 12.5. The van der Waals surface area contributed by atoms with Crippen molar-refractivity contribution in [2.75, 3.05) is 5.75 Å². The molecule has 0 atom stereocenters. The summed E-state index contributed by atoms with van der Waals surface area (Å²) in [5, 5.41) is 0.347. The monoisotopic (exact) mass is 412 g/mol. The third kappa shape index (κ3) is 5.25. The first-order chi connectivity index (χ1) is 13.0. The van der Waals surface area contributed by atoms with Crippen LogP contribution in [-0.4, -0.2) is 22.6 Å². The summed E-state index contributed by atoms with van der Waals surface area (Å²) in [7, 11) is 0. The normalized spacial score (nSPS) is 11.4. The highest BCUT2D eigenvalue weighted by Gasteiger charge is 2.29. The Bertz CT molecular complexity index is 897. The standard InChI is InChI=1S/C19H19F3N2O3S/c1-10-11(2)16(17(23)26)18(24-12(10)3)28-9-15(25)27-8-13-4-6-14(7-5-13)19(20,21)22/h4-7H,8-9H2,1-3H3,(H2,23,26). The number of ether oxygens (including phenoxy) is 1. The molecule has 1 aromatic heterocycles. The van der Waals surface area contributed by atoms with Gasteiger partial charge in [-0.2, -0.15) is 13.2 Å². The van der Waals surface area contributed by atoms with Crippen LogP contribution >= 0.6 is 11.8 Å². The van der Waals surface area contributed by atoms with Gasteiger partial charge in [0.25, 0.3) is 5.91 Å². The number of hydrogen-bond donors (Lipinski definition) is 1. The number of hydrogen-bond acceptors (Lipinski definition) is 5. The number of nitrogens with two attached hydrogens (primary N) is 1. The lowest BCUT2D eigenvalue weighted by Gasteiger charge is -2.13. The van der Waals surface area contributed by atoms with Gasteiger partial charge in [-0.1, -0.05) is 23.9 Å². The van der Waals surface area contributed by atoms with Crippen LogP contribution in [0.2, 0.25) is 0 Å². The van der Waals surface area contributed by atoms with E-state index in [1.165, 1.54) is 12.1 Å². The van der Waals surface area contributed by atoms with E-state index < -0.39 is 23.6 Å². The van der Waals surface area contributed by atoms with Gasteiger partial charge in [0.05, 0.1) is 16.9 Å². The van der Waals surface area contributed by atoms with Crippen LogP contribution in [0.1, 0.15) is 38.3 Å². The molecule has 0 radical (unpaired) electrons. The first-order valence-electron chi connectivity index (χ1n) is 8.23. The molecular weight excluding hydrogens is 393 g/mol. The fourth-order valence-electron chi connectivity index (χ4n) is 2.43. The lowest BCUT2D eigenvalue weighted by molar-refractivity contribution is -0.142. The summed E-state index contributed by atoms with van der Waals surface area (Å²) < 4.78 is 42.7. The minimum atomic E-state index is -4.42. The largest absolute Gasteiger partial charge is 0.460 e. The number of nitrogens with zero attached hydrogens (tertiary/aromatic N) is 1. The molecule has 0 saturated heterocycles. The van der Waals surface area contributed by atoms with Gasteiger partial charge in [0, 0.05) is 5.69 Å². The lowest BCUT2D eigenvalue weighted by atomic mass is 10.0. The highest BCUT2D eigenvalue weighted by molar-refractivity contribution is 8.00. The number of aromatic nitrogens is 1. The predicted octanol–water partition coefficient (Wildman–Crippen LogP) is 3.96. The molecule has 2 rings (SSSR count). The van der Waals surface area contributed by atoms with Gasteiger partial charge >= 0.3 is 12.1 Å². The van der Waals surface area contributed by atoms with Crippen molar-refractivity contribution in [1.29, 1.82) is 0 Å². The van der Waals surface area contributed by atoms with Crippen molar-refractivity contribution in [3.05, 3.63) is 57.8 Å². The molecule has 0 fully saturated rings. The van der Waals surface area contributed by atoms with E-state index in [0.717, 1.165) is 35.2 Å². The van der Waals surface area contributed by atoms with Crippen molar-refractivity contribution in [2.24, 2.45) is 5.73 Å². The molecule has 1 amide bonds. The molecule has 5 nitrogen and oxygen atoms in total. The second-order valence-corrected chi connectivity index (χ2v) is 7.10. The molecule has 0 aliphatic heterocycles. The maximum Gasteiger partial charge on any atom is 0.416 e. The number of halogens is 3. The van der Waals surface area contributed by atoms with Gasteiger partial charge in [0.1, 0.15) is 11.6 Å². The Hall–Kier alpha value is -2.55. The molecule has 2 aromatic rings. The van der Waals surface area contributed by atoms with E-state index in [1.54, 1.807) is 13.8 Å². The number of benzene rings is 1. The topological polar surface area (TPSA) is 82.3 Å². The summed E-state index contributed by atoms with van der Waals surface area (Å²) >= 11 is 1.03. The van der Waals surface area contributed by atoms with Gasteiger partial charge < -0.3 is 10.5 Å². The van der Waals surface area contributed by atoms with Gasteiger partial charge in [-0.3, -0.25) is 9.59 Å². The van der Waals surface area contributed by atoms with Crippen LogP contribution in [0.4, 0.5) is 13.2 Å². The van der Waals surface area contributed by atoms with Crippen molar-refractivity contribution in [3.63, 3.8) is 0 Å². The number of primary amides is 1. The number of amides is 1. The van der Waals surface area contributed by atoms with E-state index in [-0.39, 0.29) is 17.9 Å². The van der Waals surface area contributed by atoms with Crippen LogP contribution in [0.25, 0.3) is 0 Å². The molecule has 150 valence electrons. The number of aryl methyl sites for hydroxylation is 1. The molecule has 0 bridgehead atoms. The van der Waals surface area contributed by atoms with Gasteiger partial charge in [0.2, 0.25) is 0 Å². The van der Waals surface area contributed by atoms with Gasteiger partial charge in [0.15, 0.2) is 0 Å². The zero-order chi connectivity index (χ0) is 21.1. The lowest BCUT2D eigenvalue weighted by Crippen LogP contribution is -2.17. The molecule has 0 saturated carbocycles. The van der Waals surface area contributed by atoms with E-state index in [0.29, 0.717) is 16.2 Å². The van der Waals surface area contributed by atoms with Gasteiger partial charge in [-0.25, -0.2) is 4.98 Å². The Balaban J connectivity index is 1.99. The molecule has 0 aliphatic carbocycles. The Labute approximate surface area is 164 Å². The second kappa shape index (κ2) is 8.64. The van der Waals surface area contributed by atoms with Gasteiger partial charge in [-0.05, 0) is 49.6 Å². The fourth-order valence-corrected chi connectivity index (χ4v) is 3.37. The second-order valence-electron chi connectivity index (χ2n) is 6.14. The number of esters is 1. The summed E-state index contributed by atoms with van der Waals surface area (Å²) in [5.41, 5.74) is 7.65. The molecule has 1 aromatic carbocycles. The minimum absolute atomic E-state index is 0.115. The number of carbonyl (C=O) groups is 2. The zero-order valence-corrected chi connectivity index (χ0v) is 16.3. The quantitative estimate of drug-likeness (QED) is 0.574. The zero-order valence-electron chi connectivity index (χ0n) is 15.5. The van der Waals surface area contributed by atoms with Crippen molar-refractivity contribution >= 4 is 23.6 Å². The third-order valence-electron chi connectivity index (χ3n) is 4.22. The number of rotatable bonds is 6. The van der Waals surface area contributed by atoms with Crippen LogP contribution in [0, 0.1) is 20.8 Å². The van der Waals surface area contributed by atoms with Gasteiger partial charge in [-0.15, -0.1) is 0 Å². The van der Waals surface area contributed by atoms with E-state index in [2.05, 4.69) is 4.98 Å². The molecule has 9 heteroatoms. The first-order valence-corrected chi connectivity index (χ1v) is 9.21. The SMILES string of the molecule is Cc1nc(SCC(=O)OCc2ccc(C(F)(F)F)cc2)c(C(N)=O)c(C)c1C. The Kier molecular flexibility index (Phi) is 6.71. The fraction of sp³-hybridized carbons (Fsp3) is 0.316. The highest BCUT2D eigenvalue weighted by Crippen LogP contribution is 2.29. The molecule has 2 N–H and O–H groups in total. The average molecular weight is 412 g/mol. The predicted molar refractivity (Wildman–Crippen MR) is 98.9 cm³/mol. The van der Waals surface area contributed by atoms with Crippen LogP contribution < -0.4 is 5.73 Å². The van der Waals surface area contributed by atoms with Crippen molar-refractivity contribution in [3.8, 4) is 0 Å².